The zero-order valence-corrected chi connectivity index (χ0v) is 15.9. The zero-order valence-electron chi connectivity index (χ0n) is 14.4. The Labute approximate surface area is 161 Å². The summed E-state index contributed by atoms with van der Waals surface area (Å²) in [5.41, 5.74) is 0.777. The fourth-order valence-electron chi connectivity index (χ4n) is 2.95. The van der Waals surface area contributed by atoms with E-state index >= 15 is 0 Å². The van der Waals surface area contributed by atoms with E-state index in [-0.39, 0.29) is 24.3 Å². The molecule has 2 aromatic carbocycles. The largest absolute Gasteiger partial charge is 0.484 e. The number of nitrogens with one attached hydrogen (secondary N) is 1. The Morgan fingerprint density at radius 3 is 2.58 bits per heavy atom. The highest BCUT2D eigenvalue weighted by Crippen LogP contribution is 2.20. The lowest BCUT2D eigenvalue weighted by Gasteiger charge is -2.32. The lowest BCUT2D eigenvalue weighted by atomic mass is 9.97. The number of carbonyl (C=O) groups is 2. The predicted molar refractivity (Wildman–Crippen MR) is 104 cm³/mol. The molecular formula is C20H21BrN2O3. The van der Waals surface area contributed by atoms with Crippen molar-refractivity contribution in [2.24, 2.45) is 5.92 Å². The van der Waals surface area contributed by atoms with Gasteiger partial charge in [-0.1, -0.05) is 34.1 Å². The number of para-hydroxylation sites is 1. The summed E-state index contributed by atoms with van der Waals surface area (Å²) in [6.45, 7) is 1.08. The summed E-state index contributed by atoms with van der Waals surface area (Å²) in [6.07, 6.45) is 1.60. The SMILES string of the molecule is O=C(Nc1ccccc1)[C@H]1CCCN(C(=O)COc2ccc(Br)cc2)C1. The number of carbonyl (C=O) groups excluding carboxylic acids is 2. The van der Waals surface area contributed by atoms with Crippen LogP contribution in [0.4, 0.5) is 5.69 Å². The van der Waals surface area contributed by atoms with Gasteiger partial charge in [-0.2, -0.15) is 0 Å². The van der Waals surface area contributed by atoms with Crippen LogP contribution in [-0.2, 0) is 9.59 Å². The molecule has 0 saturated carbocycles. The van der Waals surface area contributed by atoms with Gasteiger partial charge < -0.3 is 15.0 Å². The fourth-order valence-corrected chi connectivity index (χ4v) is 3.21. The number of hydrogen-bond acceptors (Lipinski definition) is 3. The first-order valence-corrected chi connectivity index (χ1v) is 9.43. The van der Waals surface area contributed by atoms with Crippen LogP contribution in [0.25, 0.3) is 0 Å². The molecular weight excluding hydrogens is 396 g/mol. The second kappa shape index (κ2) is 8.85. The first-order valence-electron chi connectivity index (χ1n) is 8.64. The first-order chi connectivity index (χ1) is 12.6. The van der Waals surface area contributed by atoms with Gasteiger partial charge in [0.15, 0.2) is 6.61 Å². The molecule has 2 aromatic rings. The number of amides is 2. The molecule has 2 amide bonds. The number of halogens is 1. The molecule has 0 aliphatic carbocycles. The summed E-state index contributed by atoms with van der Waals surface area (Å²) in [4.78, 5) is 26.6. The number of anilines is 1. The van der Waals surface area contributed by atoms with Crippen LogP contribution in [0.2, 0.25) is 0 Å². The quantitative estimate of drug-likeness (QED) is 0.807. The lowest BCUT2D eigenvalue weighted by molar-refractivity contribution is -0.136. The molecule has 0 bridgehead atoms. The Morgan fingerprint density at radius 2 is 1.85 bits per heavy atom. The van der Waals surface area contributed by atoms with E-state index in [1.807, 2.05) is 54.6 Å². The van der Waals surface area contributed by atoms with E-state index in [4.69, 9.17) is 4.74 Å². The maximum absolute atomic E-state index is 12.5. The monoisotopic (exact) mass is 416 g/mol. The zero-order chi connectivity index (χ0) is 18.4. The molecule has 0 radical (unpaired) electrons. The van der Waals surface area contributed by atoms with E-state index in [0.717, 1.165) is 23.0 Å². The van der Waals surface area contributed by atoms with Gasteiger partial charge in [-0.3, -0.25) is 9.59 Å². The summed E-state index contributed by atoms with van der Waals surface area (Å²) < 4.78 is 6.51. The van der Waals surface area contributed by atoms with Gasteiger partial charge in [0.1, 0.15) is 5.75 Å². The molecule has 0 unspecified atom stereocenters. The van der Waals surface area contributed by atoms with Crippen LogP contribution in [0.5, 0.6) is 5.75 Å². The van der Waals surface area contributed by atoms with Crippen LogP contribution < -0.4 is 10.1 Å². The molecule has 6 heteroatoms. The summed E-state index contributed by atoms with van der Waals surface area (Å²) in [6, 6.07) is 16.7. The third-order valence-corrected chi connectivity index (χ3v) is 4.89. The summed E-state index contributed by atoms with van der Waals surface area (Å²) >= 11 is 3.36. The average Bonchev–Trinajstić information content (AvgIpc) is 2.68. The molecule has 1 saturated heterocycles. The molecule has 1 aliphatic rings. The van der Waals surface area contributed by atoms with Crippen molar-refractivity contribution < 1.29 is 14.3 Å². The Bertz CT molecular complexity index is 749. The van der Waals surface area contributed by atoms with E-state index < -0.39 is 0 Å². The maximum Gasteiger partial charge on any atom is 0.260 e. The van der Waals surface area contributed by atoms with Gasteiger partial charge in [0, 0.05) is 23.2 Å². The van der Waals surface area contributed by atoms with Gasteiger partial charge in [0.05, 0.1) is 5.92 Å². The van der Waals surface area contributed by atoms with Crippen molar-refractivity contribution in [2.75, 3.05) is 25.0 Å². The third-order valence-electron chi connectivity index (χ3n) is 4.36. The standard InChI is InChI=1S/C20H21BrN2O3/c21-16-8-10-18(11-9-16)26-14-19(24)23-12-4-5-15(13-23)20(25)22-17-6-2-1-3-7-17/h1-3,6-11,15H,4-5,12-14H2,(H,22,25)/t15-/m0/s1. The molecule has 136 valence electrons. The highest BCUT2D eigenvalue weighted by molar-refractivity contribution is 9.10. The summed E-state index contributed by atoms with van der Waals surface area (Å²) in [7, 11) is 0. The maximum atomic E-state index is 12.5. The van der Waals surface area contributed by atoms with Gasteiger partial charge >= 0.3 is 0 Å². The summed E-state index contributed by atoms with van der Waals surface area (Å²) in [5, 5.41) is 2.92. The van der Waals surface area contributed by atoms with Crippen LogP contribution >= 0.6 is 15.9 Å². The van der Waals surface area contributed by atoms with E-state index in [1.54, 1.807) is 4.90 Å². The lowest BCUT2D eigenvalue weighted by Crippen LogP contribution is -2.45. The third kappa shape index (κ3) is 5.08. The molecule has 1 aliphatic heterocycles. The van der Waals surface area contributed by atoms with Gasteiger partial charge in [-0.25, -0.2) is 0 Å². The number of nitrogens with zero attached hydrogens (tertiary/aromatic N) is 1. The van der Waals surface area contributed by atoms with Crippen molar-refractivity contribution in [2.45, 2.75) is 12.8 Å². The van der Waals surface area contributed by atoms with Crippen LogP contribution in [0.3, 0.4) is 0 Å². The second-order valence-electron chi connectivity index (χ2n) is 6.28. The Balaban J connectivity index is 1.51. The molecule has 5 nitrogen and oxygen atoms in total. The van der Waals surface area contributed by atoms with Crippen molar-refractivity contribution in [1.82, 2.24) is 4.90 Å². The Morgan fingerprint density at radius 1 is 1.12 bits per heavy atom. The van der Waals surface area contributed by atoms with Crippen molar-refractivity contribution in [3.63, 3.8) is 0 Å². The number of rotatable bonds is 5. The topological polar surface area (TPSA) is 58.6 Å². The van der Waals surface area contributed by atoms with Crippen LogP contribution in [-0.4, -0.2) is 36.4 Å². The highest BCUT2D eigenvalue weighted by atomic mass is 79.9. The number of likely N-dealkylation sites (tertiary alicyclic amines) is 1. The molecule has 0 aromatic heterocycles. The minimum Gasteiger partial charge on any atom is -0.484 e. The van der Waals surface area contributed by atoms with Gasteiger partial charge in [0.25, 0.3) is 5.91 Å². The number of ether oxygens (including phenoxy) is 1. The first kappa shape index (κ1) is 18.5. The van der Waals surface area contributed by atoms with Crippen LogP contribution in [0.1, 0.15) is 12.8 Å². The van der Waals surface area contributed by atoms with Gasteiger partial charge in [0.2, 0.25) is 5.91 Å². The second-order valence-corrected chi connectivity index (χ2v) is 7.19. The van der Waals surface area contributed by atoms with Crippen LogP contribution in [0, 0.1) is 5.92 Å². The molecule has 1 atom stereocenters. The molecule has 1 N–H and O–H groups in total. The fraction of sp³-hybridized carbons (Fsp3) is 0.300. The van der Waals surface area contributed by atoms with Crippen molar-refractivity contribution in [3.8, 4) is 5.75 Å². The highest BCUT2D eigenvalue weighted by Gasteiger charge is 2.28. The van der Waals surface area contributed by atoms with E-state index in [1.165, 1.54) is 0 Å². The summed E-state index contributed by atoms with van der Waals surface area (Å²) in [5.74, 6) is 0.324. The van der Waals surface area contributed by atoms with Crippen molar-refractivity contribution in [1.29, 1.82) is 0 Å². The minimum absolute atomic E-state index is 0.0192. The Hall–Kier alpha value is -2.34. The molecule has 1 heterocycles. The van der Waals surface area contributed by atoms with E-state index in [9.17, 15) is 9.59 Å². The minimum atomic E-state index is -0.194. The molecule has 1 fully saturated rings. The smallest absolute Gasteiger partial charge is 0.260 e. The van der Waals surface area contributed by atoms with Crippen LogP contribution in [0.15, 0.2) is 59.1 Å². The van der Waals surface area contributed by atoms with Crippen molar-refractivity contribution in [3.05, 3.63) is 59.1 Å². The normalized spacial score (nSPS) is 16.8. The number of hydrogen-bond donors (Lipinski definition) is 1. The van der Waals surface area contributed by atoms with Gasteiger partial charge in [-0.15, -0.1) is 0 Å². The predicted octanol–water partition coefficient (Wildman–Crippen LogP) is 3.71. The molecule has 0 spiro atoms. The molecule has 26 heavy (non-hydrogen) atoms. The average molecular weight is 417 g/mol. The van der Waals surface area contributed by atoms with E-state index in [0.29, 0.717) is 18.8 Å². The van der Waals surface area contributed by atoms with E-state index in [2.05, 4.69) is 21.2 Å². The van der Waals surface area contributed by atoms with Crippen molar-refractivity contribution >= 4 is 33.4 Å². The van der Waals surface area contributed by atoms with Gasteiger partial charge in [-0.05, 0) is 49.2 Å². The number of benzene rings is 2. The number of piperidine rings is 1. The molecule has 3 rings (SSSR count). The Kier molecular flexibility index (Phi) is 6.28.